The Morgan fingerprint density at radius 1 is 1.14 bits per heavy atom. The number of nitrogens with zero attached hydrogens (tertiary/aromatic N) is 2. The van der Waals surface area contributed by atoms with E-state index in [1.54, 1.807) is 0 Å². The number of nitrogens with one attached hydrogen (secondary N) is 2. The van der Waals surface area contributed by atoms with E-state index in [1.807, 2.05) is 0 Å². The first-order valence-corrected chi connectivity index (χ1v) is 7.05. The van der Waals surface area contributed by atoms with Gasteiger partial charge in [0.1, 0.15) is 17.6 Å². The van der Waals surface area contributed by atoms with Crippen molar-refractivity contribution in [3.8, 4) is 17.6 Å². The molecule has 0 heterocycles. The molecule has 0 aliphatic rings. The first kappa shape index (κ1) is 22.8. The number of alkyl halides is 7. The molecule has 154 valence electrons. The molecule has 7 nitrogen and oxygen atoms in total. The van der Waals surface area contributed by atoms with Gasteiger partial charge in [-0.2, -0.15) is 32.3 Å². The summed E-state index contributed by atoms with van der Waals surface area (Å²) in [7, 11) is 0. The van der Waals surface area contributed by atoms with Crippen molar-refractivity contribution in [1.29, 1.82) is 10.7 Å². The molecule has 0 aliphatic carbocycles. The van der Waals surface area contributed by atoms with E-state index in [9.17, 15) is 30.7 Å². The van der Waals surface area contributed by atoms with Crippen molar-refractivity contribution in [3.63, 3.8) is 0 Å². The Hall–Kier alpha value is -3.24. The standard InChI is InChI=1S/C14H12F7N5O2/c15-12(16)13(17,18)5-27-8-1-7(25-26-10(4-22)11(23)24)2-9(3-8)28-6-14(19,20)21/h1-3,12,25H,5-6H2,(H3,23,24)/b26-10+. The van der Waals surface area contributed by atoms with E-state index in [-0.39, 0.29) is 5.69 Å². The van der Waals surface area contributed by atoms with Gasteiger partial charge in [0.15, 0.2) is 19.0 Å². The molecule has 0 fully saturated rings. The minimum Gasteiger partial charge on any atom is -0.487 e. The van der Waals surface area contributed by atoms with Gasteiger partial charge in [0.05, 0.1) is 5.69 Å². The number of benzene rings is 1. The highest BCUT2D eigenvalue weighted by atomic mass is 19.4. The lowest BCUT2D eigenvalue weighted by Gasteiger charge is -2.17. The highest BCUT2D eigenvalue weighted by Gasteiger charge is 2.41. The van der Waals surface area contributed by atoms with Gasteiger partial charge in [-0.3, -0.25) is 10.8 Å². The molecule has 0 radical (unpaired) electrons. The number of hydrogen-bond donors (Lipinski definition) is 3. The van der Waals surface area contributed by atoms with Gasteiger partial charge in [-0.05, 0) is 0 Å². The zero-order valence-corrected chi connectivity index (χ0v) is 13.7. The third kappa shape index (κ3) is 7.56. The second-order valence-corrected chi connectivity index (χ2v) is 5.05. The first-order valence-electron chi connectivity index (χ1n) is 7.05. The first-order chi connectivity index (χ1) is 12.8. The lowest BCUT2D eigenvalue weighted by atomic mass is 10.2. The van der Waals surface area contributed by atoms with Crippen LogP contribution in [0.5, 0.6) is 11.5 Å². The number of halogens is 7. The van der Waals surface area contributed by atoms with Gasteiger partial charge in [0.2, 0.25) is 5.71 Å². The quantitative estimate of drug-likeness (QED) is 0.248. The van der Waals surface area contributed by atoms with Crippen LogP contribution in [0.15, 0.2) is 23.3 Å². The summed E-state index contributed by atoms with van der Waals surface area (Å²) in [6.45, 7) is -3.49. The largest absolute Gasteiger partial charge is 0.487 e. The average molecular weight is 415 g/mol. The van der Waals surface area contributed by atoms with E-state index in [0.717, 1.165) is 18.2 Å². The smallest absolute Gasteiger partial charge is 0.422 e. The second kappa shape index (κ2) is 9.11. The van der Waals surface area contributed by atoms with Gasteiger partial charge in [-0.25, -0.2) is 8.78 Å². The van der Waals surface area contributed by atoms with Crippen molar-refractivity contribution in [1.82, 2.24) is 0 Å². The Morgan fingerprint density at radius 2 is 1.68 bits per heavy atom. The maximum atomic E-state index is 13.0. The van der Waals surface area contributed by atoms with Gasteiger partial charge in [0, 0.05) is 18.2 Å². The molecule has 1 aromatic carbocycles. The summed E-state index contributed by atoms with van der Waals surface area (Å²) >= 11 is 0. The van der Waals surface area contributed by atoms with Crippen LogP contribution in [-0.4, -0.2) is 43.3 Å². The minimum absolute atomic E-state index is 0.218. The van der Waals surface area contributed by atoms with Crippen LogP contribution in [0.4, 0.5) is 36.4 Å². The lowest BCUT2D eigenvalue weighted by molar-refractivity contribution is -0.153. The van der Waals surface area contributed by atoms with Crippen molar-refractivity contribution in [2.24, 2.45) is 10.8 Å². The summed E-state index contributed by atoms with van der Waals surface area (Å²) in [4.78, 5) is 0. The summed E-state index contributed by atoms with van der Waals surface area (Å²) in [6.07, 6.45) is -8.73. The van der Waals surface area contributed by atoms with Crippen LogP contribution in [0, 0.1) is 16.7 Å². The molecule has 0 atom stereocenters. The third-order valence-corrected chi connectivity index (χ3v) is 2.69. The summed E-state index contributed by atoms with van der Waals surface area (Å²) in [6, 6.07) is 4.06. The SMILES string of the molecule is N#C/C(=N\Nc1cc(OCC(F)(F)F)cc(OCC(F)(F)C(F)F)c1)C(=N)N. The molecule has 0 aromatic heterocycles. The topological polar surface area (TPSA) is 117 Å². The lowest BCUT2D eigenvalue weighted by Crippen LogP contribution is -2.33. The highest BCUT2D eigenvalue weighted by molar-refractivity contribution is 6.45. The molecule has 0 bridgehead atoms. The van der Waals surface area contributed by atoms with Crippen molar-refractivity contribution >= 4 is 17.2 Å². The predicted octanol–water partition coefficient (Wildman–Crippen LogP) is 3.13. The van der Waals surface area contributed by atoms with Crippen LogP contribution in [0.2, 0.25) is 0 Å². The maximum absolute atomic E-state index is 13.0. The molecule has 0 saturated heterocycles. The Kier molecular flexibility index (Phi) is 7.42. The van der Waals surface area contributed by atoms with Crippen molar-refractivity contribution < 1.29 is 40.2 Å². The number of nitrogens with two attached hydrogens (primary N) is 1. The van der Waals surface area contributed by atoms with E-state index in [1.165, 1.54) is 6.07 Å². The van der Waals surface area contributed by atoms with E-state index in [4.69, 9.17) is 16.4 Å². The van der Waals surface area contributed by atoms with E-state index < -0.39 is 54.8 Å². The number of hydrazone groups is 1. The molecule has 0 spiro atoms. The number of ether oxygens (including phenoxy) is 2. The molecule has 14 heteroatoms. The van der Waals surface area contributed by atoms with Crippen molar-refractivity contribution in [2.75, 3.05) is 18.6 Å². The normalized spacial score (nSPS) is 12.5. The molecule has 1 aromatic rings. The Labute approximate surface area is 153 Å². The van der Waals surface area contributed by atoms with Gasteiger partial charge in [-0.1, -0.05) is 0 Å². The Balaban J connectivity index is 3.10. The second-order valence-electron chi connectivity index (χ2n) is 5.05. The number of rotatable bonds is 9. The fourth-order valence-corrected chi connectivity index (χ4v) is 1.48. The molecular weight excluding hydrogens is 403 g/mol. The Bertz CT molecular complexity index is 774. The van der Waals surface area contributed by atoms with Crippen LogP contribution in [0.25, 0.3) is 0 Å². The molecule has 0 unspecified atom stereocenters. The summed E-state index contributed by atoms with van der Waals surface area (Å²) in [5.74, 6) is -6.29. The fraction of sp³-hybridized carbons (Fsp3) is 0.357. The van der Waals surface area contributed by atoms with Crippen LogP contribution in [-0.2, 0) is 0 Å². The van der Waals surface area contributed by atoms with E-state index in [2.05, 4.69) is 20.0 Å². The molecule has 4 N–H and O–H groups in total. The van der Waals surface area contributed by atoms with Gasteiger partial charge < -0.3 is 15.2 Å². The predicted molar refractivity (Wildman–Crippen MR) is 83.0 cm³/mol. The van der Waals surface area contributed by atoms with Gasteiger partial charge in [-0.15, -0.1) is 0 Å². The van der Waals surface area contributed by atoms with Crippen LogP contribution < -0.4 is 20.6 Å². The number of anilines is 1. The Morgan fingerprint density at radius 3 is 2.11 bits per heavy atom. The number of nitriles is 1. The van der Waals surface area contributed by atoms with E-state index >= 15 is 0 Å². The third-order valence-electron chi connectivity index (χ3n) is 2.69. The van der Waals surface area contributed by atoms with Crippen LogP contribution in [0.3, 0.4) is 0 Å². The van der Waals surface area contributed by atoms with Crippen LogP contribution >= 0.6 is 0 Å². The summed E-state index contributed by atoms with van der Waals surface area (Å²) in [5, 5.41) is 19.2. The zero-order valence-electron chi connectivity index (χ0n) is 13.7. The zero-order chi connectivity index (χ0) is 21.5. The molecule has 1 rings (SSSR count). The van der Waals surface area contributed by atoms with Gasteiger partial charge in [0.25, 0.3) is 0 Å². The van der Waals surface area contributed by atoms with E-state index in [0.29, 0.717) is 0 Å². The monoisotopic (exact) mass is 415 g/mol. The number of hydrogen-bond acceptors (Lipinski definition) is 6. The highest BCUT2D eigenvalue weighted by Crippen LogP contribution is 2.30. The maximum Gasteiger partial charge on any atom is 0.422 e. The molecule has 0 saturated carbocycles. The van der Waals surface area contributed by atoms with Gasteiger partial charge >= 0.3 is 18.5 Å². The summed E-state index contributed by atoms with van der Waals surface area (Å²) < 4.78 is 96.1. The average Bonchev–Trinajstić information content (AvgIpc) is 2.58. The van der Waals surface area contributed by atoms with Crippen molar-refractivity contribution in [3.05, 3.63) is 18.2 Å². The molecule has 0 amide bonds. The fourth-order valence-electron chi connectivity index (χ4n) is 1.48. The van der Waals surface area contributed by atoms with Crippen molar-refractivity contribution in [2.45, 2.75) is 18.5 Å². The van der Waals surface area contributed by atoms with Crippen LogP contribution in [0.1, 0.15) is 0 Å². The summed E-state index contributed by atoms with van der Waals surface area (Å²) in [5.41, 5.74) is 6.39. The molecular formula is C14H12F7N5O2. The number of amidine groups is 1. The molecule has 28 heavy (non-hydrogen) atoms. The minimum atomic E-state index is -4.71. The molecule has 0 aliphatic heterocycles.